The number of ether oxygens (including phenoxy) is 1. The highest BCUT2D eigenvalue weighted by molar-refractivity contribution is 5.69. The topological polar surface area (TPSA) is 63.6 Å². The Hall–Kier alpha value is -2.62. The van der Waals surface area contributed by atoms with Crippen molar-refractivity contribution in [3.63, 3.8) is 0 Å². The van der Waals surface area contributed by atoms with Crippen LogP contribution in [0.4, 0.5) is 0 Å². The van der Waals surface area contributed by atoms with Crippen molar-refractivity contribution in [2.75, 3.05) is 0 Å². The van der Waals surface area contributed by atoms with Gasteiger partial charge in [0.25, 0.3) is 0 Å². The quantitative estimate of drug-likeness (QED) is 0.0541. The van der Waals surface area contributed by atoms with Crippen LogP contribution in [0.15, 0.2) is 72.9 Å². The molecule has 238 valence electrons. The van der Waals surface area contributed by atoms with E-state index in [4.69, 9.17) is 9.84 Å². The highest BCUT2D eigenvalue weighted by Crippen LogP contribution is 2.14. The van der Waals surface area contributed by atoms with E-state index in [1.165, 1.54) is 38.5 Å². The van der Waals surface area contributed by atoms with Crippen LogP contribution in [0.25, 0.3) is 0 Å². The Morgan fingerprint density at radius 3 is 1.69 bits per heavy atom. The van der Waals surface area contributed by atoms with Gasteiger partial charge < -0.3 is 9.84 Å². The minimum Gasteiger partial charge on any atom is -0.481 e. The monoisotopic (exact) mass is 582 g/mol. The summed E-state index contributed by atoms with van der Waals surface area (Å²) in [5.41, 5.74) is 0. The van der Waals surface area contributed by atoms with Gasteiger partial charge in [0.1, 0.15) is 6.10 Å². The molecule has 4 heteroatoms. The average molecular weight is 583 g/mol. The van der Waals surface area contributed by atoms with Gasteiger partial charge in [0.2, 0.25) is 0 Å². The first-order valence-corrected chi connectivity index (χ1v) is 16.9. The largest absolute Gasteiger partial charge is 0.481 e. The minimum absolute atomic E-state index is 0.126. The van der Waals surface area contributed by atoms with Gasteiger partial charge in [0.15, 0.2) is 0 Å². The van der Waals surface area contributed by atoms with Gasteiger partial charge in [-0.25, -0.2) is 0 Å². The lowest BCUT2D eigenvalue weighted by molar-refractivity contribution is -0.147. The SMILES string of the molecule is CC/C=C\C/C=C\C/C=C\C/C=C\C(CCCCCC(=O)O)OC(=O)CCCCCCC/C=C\C/C=C\CCCCC. The van der Waals surface area contributed by atoms with Crippen LogP contribution in [0.2, 0.25) is 0 Å². The first kappa shape index (κ1) is 39.4. The number of carbonyl (C=O) groups is 2. The second-order valence-electron chi connectivity index (χ2n) is 11.0. The molecule has 0 aliphatic carbocycles. The van der Waals surface area contributed by atoms with Crippen LogP contribution in [0.3, 0.4) is 0 Å². The van der Waals surface area contributed by atoms with Crippen molar-refractivity contribution in [1.82, 2.24) is 0 Å². The van der Waals surface area contributed by atoms with E-state index in [0.29, 0.717) is 12.8 Å². The minimum atomic E-state index is -0.755. The van der Waals surface area contributed by atoms with Gasteiger partial charge in [0, 0.05) is 12.8 Å². The van der Waals surface area contributed by atoms with Crippen LogP contribution < -0.4 is 0 Å². The molecule has 0 aromatic rings. The molecule has 42 heavy (non-hydrogen) atoms. The molecule has 0 spiro atoms. The van der Waals surface area contributed by atoms with Crippen molar-refractivity contribution < 1.29 is 19.4 Å². The van der Waals surface area contributed by atoms with Gasteiger partial charge in [-0.2, -0.15) is 0 Å². The molecule has 4 nitrogen and oxygen atoms in total. The van der Waals surface area contributed by atoms with Crippen LogP contribution >= 0.6 is 0 Å². The Kier molecular flexibility index (Phi) is 30.8. The predicted molar refractivity (Wildman–Crippen MR) is 181 cm³/mol. The summed E-state index contributed by atoms with van der Waals surface area (Å²) in [5, 5.41) is 8.84. The summed E-state index contributed by atoms with van der Waals surface area (Å²) in [6, 6.07) is 0. The molecule has 0 aromatic carbocycles. The molecule has 0 radical (unpaired) electrons. The Morgan fingerprint density at radius 1 is 0.571 bits per heavy atom. The number of hydrogen-bond acceptors (Lipinski definition) is 3. The van der Waals surface area contributed by atoms with Crippen LogP contribution in [-0.2, 0) is 14.3 Å². The van der Waals surface area contributed by atoms with Crippen molar-refractivity contribution in [2.24, 2.45) is 0 Å². The number of rotatable bonds is 29. The van der Waals surface area contributed by atoms with Crippen LogP contribution in [0.1, 0.15) is 149 Å². The van der Waals surface area contributed by atoms with Gasteiger partial charge in [-0.05, 0) is 89.5 Å². The molecule has 0 fully saturated rings. The summed E-state index contributed by atoms with van der Waals surface area (Å²) in [6.45, 7) is 4.38. The number of carboxylic acid groups (broad SMARTS) is 1. The number of esters is 1. The van der Waals surface area contributed by atoms with Crippen molar-refractivity contribution in [3.05, 3.63) is 72.9 Å². The zero-order valence-corrected chi connectivity index (χ0v) is 27.0. The predicted octanol–water partition coefficient (Wildman–Crippen LogP) is 11.6. The molecule has 1 unspecified atom stereocenters. The molecular weight excluding hydrogens is 520 g/mol. The van der Waals surface area contributed by atoms with Gasteiger partial charge >= 0.3 is 11.9 Å². The third-order valence-corrected chi connectivity index (χ3v) is 6.90. The Labute approximate surface area is 258 Å². The molecule has 0 rings (SSSR count). The zero-order chi connectivity index (χ0) is 30.8. The van der Waals surface area contributed by atoms with E-state index in [1.807, 2.05) is 6.08 Å². The highest BCUT2D eigenvalue weighted by Gasteiger charge is 2.11. The average Bonchev–Trinajstić information content (AvgIpc) is 2.97. The molecule has 0 bridgehead atoms. The number of unbranched alkanes of at least 4 members (excludes halogenated alkanes) is 10. The molecule has 1 atom stereocenters. The summed E-state index contributed by atoms with van der Waals surface area (Å²) >= 11 is 0. The van der Waals surface area contributed by atoms with Crippen molar-refractivity contribution in [2.45, 2.75) is 155 Å². The van der Waals surface area contributed by atoms with Crippen molar-refractivity contribution >= 4 is 11.9 Å². The highest BCUT2D eigenvalue weighted by atomic mass is 16.5. The lowest BCUT2D eigenvalue weighted by Crippen LogP contribution is -2.16. The molecule has 0 aromatic heterocycles. The second kappa shape index (κ2) is 32.9. The molecule has 0 saturated carbocycles. The van der Waals surface area contributed by atoms with Crippen LogP contribution in [-0.4, -0.2) is 23.1 Å². The maximum absolute atomic E-state index is 12.5. The van der Waals surface area contributed by atoms with Gasteiger partial charge in [-0.1, -0.05) is 119 Å². The fraction of sp³-hybridized carbons (Fsp3) is 0.632. The summed E-state index contributed by atoms with van der Waals surface area (Å²) in [7, 11) is 0. The van der Waals surface area contributed by atoms with Crippen LogP contribution in [0, 0.1) is 0 Å². The standard InChI is InChI=1S/C38H62O4/c1-3-5-7-9-11-13-15-16-17-18-20-22-24-26-31-35-38(41)42-36(33-29-27-30-34-37(39)40)32-28-25-23-21-19-14-12-10-8-6-4-2/h6,8,11-14,16-17,21,23,28,32,36H,3-5,7,9-10,15,18-20,22,24-27,29-31,33-35H2,1-2H3,(H,39,40)/b8-6-,13-11-,14-12-,17-16-,23-21-,32-28-. The summed E-state index contributed by atoms with van der Waals surface area (Å²) in [6.07, 6.45) is 46.3. The van der Waals surface area contributed by atoms with E-state index in [2.05, 4.69) is 80.7 Å². The second-order valence-corrected chi connectivity index (χ2v) is 11.0. The number of hydrogen-bond donors (Lipinski definition) is 1. The third kappa shape index (κ3) is 31.9. The van der Waals surface area contributed by atoms with E-state index in [-0.39, 0.29) is 18.5 Å². The maximum Gasteiger partial charge on any atom is 0.306 e. The number of aliphatic carboxylic acids is 1. The molecule has 0 aliphatic heterocycles. The normalized spacial score (nSPS) is 13.2. The summed E-state index contributed by atoms with van der Waals surface area (Å²) in [5.74, 6) is -0.881. The van der Waals surface area contributed by atoms with Gasteiger partial charge in [-0.15, -0.1) is 0 Å². The van der Waals surface area contributed by atoms with Crippen molar-refractivity contribution in [3.8, 4) is 0 Å². The van der Waals surface area contributed by atoms with E-state index >= 15 is 0 Å². The number of carboxylic acids is 1. The van der Waals surface area contributed by atoms with E-state index in [0.717, 1.165) is 77.0 Å². The smallest absolute Gasteiger partial charge is 0.306 e. The summed E-state index contributed by atoms with van der Waals surface area (Å²) in [4.78, 5) is 23.2. The fourth-order valence-corrected chi connectivity index (χ4v) is 4.42. The molecule has 0 aliphatic rings. The zero-order valence-electron chi connectivity index (χ0n) is 27.0. The Morgan fingerprint density at radius 2 is 1.07 bits per heavy atom. The van der Waals surface area contributed by atoms with E-state index in [1.54, 1.807) is 0 Å². The first-order valence-electron chi connectivity index (χ1n) is 16.9. The Balaban J connectivity index is 4.19. The summed E-state index contributed by atoms with van der Waals surface area (Å²) < 4.78 is 5.79. The molecule has 0 amide bonds. The van der Waals surface area contributed by atoms with Gasteiger partial charge in [-0.3, -0.25) is 9.59 Å². The first-order chi connectivity index (χ1) is 20.6. The Bertz CT molecular complexity index is 800. The lowest BCUT2D eigenvalue weighted by atomic mass is 10.1. The van der Waals surface area contributed by atoms with Crippen molar-refractivity contribution in [1.29, 1.82) is 0 Å². The fourth-order valence-electron chi connectivity index (χ4n) is 4.42. The van der Waals surface area contributed by atoms with Crippen LogP contribution in [0.5, 0.6) is 0 Å². The molecular formula is C38H62O4. The molecule has 0 saturated heterocycles. The van der Waals surface area contributed by atoms with Gasteiger partial charge in [0.05, 0.1) is 0 Å². The molecule has 0 heterocycles. The lowest BCUT2D eigenvalue weighted by Gasteiger charge is -2.14. The van der Waals surface area contributed by atoms with E-state index in [9.17, 15) is 9.59 Å². The number of carbonyl (C=O) groups excluding carboxylic acids is 1. The third-order valence-electron chi connectivity index (χ3n) is 6.90. The number of allylic oxidation sites excluding steroid dienone is 11. The van der Waals surface area contributed by atoms with E-state index < -0.39 is 5.97 Å². The maximum atomic E-state index is 12.5. The molecule has 1 N–H and O–H groups in total.